The molecule has 0 aliphatic heterocycles. The Bertz CT molecular complexity index is 786. The fraction of sp³-hybridized carbons (Fsp3) is 0.200. The predicted octanol–water partition coefficient (Wildman–Crippen LogP) is 3.54. The molecule has 0 unspecified atom stereocenters. The lowest BCUT2D eigenvalue weighted by Crippen LogP contribution is -2.07. The highest BCUT2D eigenvalue weighted by atomic mass is 35.5. The number of nitrogens with zero attached hydrogens (tertiary/aromatic N) is 3. The molecule has 0 saturated carbocycles. The van der Waals surface area contributed by atoms with Crippen LogP contribution < -0.4 is 0 Å². The second-order valence-electron chi connectivity index (χ2n) is 4.65. The van der Waals surface area contributed by atoms with Crippen LogP contribution in [0.1, 0.15) is 11.4 Å². The van der Waals surface area contributed by atoms with Crippen molar-refractivity contribution in [2.24, 2.45) is 0 Å². The molecule has 0 bridgehead atoms. The van der Waals surface area contributed by atoms with Crippen LogP contribution >= 0.6 is 11.6 Å². The summed E-state index contributed by atoms with van der Waals surface area (Å²) in [7, 11) is 0. The Kier molecular flexibility index (Phi) is 3.84. The molecule has 2 heterocycles. The summed E-state index contributed by atoms with van der Waals surface area (Å²) >= 11 is 5.80. The van der Waals surface area contributed by atoms with Crippen molar-refractivity contribution in [3.63, 3.8) is 0 Å². The van der Waals surface area contributed by atoms with E-state index in [2.05, 4.69) is 9.97 Å². The molecule has 0 aliphatic rings. The summed E-state index contributed by atoms with van der Waals surface area (Å²) in [5.41, 5.74) is 2.12. The lowest BCUT2D eigenvalue weighted by Gasteiger charge is -2.08. The molecule has 0 fully saturated rings. The smallest absolute Gasteiger partial charge is 0.160 e. The Balaban J connectivity index is 2.05. The Morgan fingerprint density at radius 3 is 2.76 bits per heavy atom. The Morgan fingerprint density at radius 2 is 2.00 bits per heavy atom. The van der Waals surface area contributed by atoms with Gasteiger partial charge in [0.15, 0.2) is 17.3 Å². The first-order valence-electron chi connectivity index (χ1n) is 6.49. The first kappa shape index (κ1) is 13.9. The third-order valence-corrected chi connectivity index (χ3v) is 3.41. The molecule has 0 N–H and O–H groups in total. The minimum absolute atomic E-state index is 0.372. The van der Waals surface area contributed by atoms with Crippen LogP contribution in [0.4, 0.5) is 8.78 Å². The summed E-state index contributed by atoms with van der Waals surface area (Å²) in [6.07, 6.45) is 2.26. The van der Waals surface area contributed by atoms with Crippen LogP contribution in [0.25, 0.3) is 11.2 Å². The van der Waals surface area contributed by atoms with Gasteiger partial charge < -0.3 is 4.57 Å². The number of benzene rings is 1. The molecule has 1 aromatic carbocycles. The number of imidazole rings is 1. The maximum atomic E-state index is 13.3. The fourth-order valence-electron chi connectivity index (χ4n) is 2.27. The molecule has 21 heavy (non-hydrogen) atoms. The lowest BCUT2D eigenvalue weighted by molar-refractivity contribution is 0.506. The van der Waals surface area contributed by atoms with E-state index < -0.39 is 11.6 Å². The molecule has 108 valence electrons. The Morgan fingerprint density at radius 1 is 1.14 bits per heavy atom. The topological polar surface area (TPSA) is 30.7 Å². The molecule has 3 nitrogen and oxygen atoms in total. The highest BCUT2D eigenvalue weighted by Gasteiger charge is 2.12. The first-order valence-corrected chi connectivity index (χ1v) is 7.02. The first-order chi connectivity index (χ1) is 10.2. The van der Waals surface area contributed by atoms with E-state index in [1.54, 1.807) is 12.3 Å². The second-order valence-corrected chi connectivity index (χ2v) is 5.03. The molecule has 2 aromatic heterocycles. The SMILES string of the molecule is Fc1ccc(Cn2c(CCCl)nc3cccnc32)cc1F. The summed E-state index contributed by atoms with van der Waals surface area (Å²) in [6.45, 7) is 0.372. The molecular formula is C15H12ClF2N3. The summed E-state index contributed by atoms with van der Waals surface area (Å²) in [5, 5.41) is 0. The maximum absolute atomic E-state index is 13.3. The number of alkyl halides is 1. The van der Waals surface area contributed by atoms with Crippen LogP contribution in [0.3, 0.4) is 0 Å². The van der Waals surface area contributed by atoms with E-state index in [0.29, 0.717) is 30.1 Å². The van der Waals surface area contributed by atoms with Crippen molar-refractivity contribution < 1.29 is 8.78 Å². The highest BCUT2D eigenvalue weighted by molar-refractivity contribution is 6.17. The normalized spacial score (nSPS) is 11.2. The molecule has 0 atom stereocenters. The van der Waals surface area contributed by atoms with E-state index in [-0.39, 0.29) is 0 Å². The third-order valence-electron chi connectivity index (χ3n) is 3.23. The van der Waals surface area contributed by atoms with Crippen LogP contribution in [0.15, 0.2) is 36.5 Å². The van der Waals surface area contributed by atoms with E-state index in [4.69, 9.17) is 11.6 Å². The van der Waals surface area contributed by atoms with Gasteiger partial charge in [0.1, 0.15) is 11.3 Å². The maximum Gasteiger partial charge on any atom is 0.160 e. The predicted molar refractivity (Wildman–Crippen MR) is 77.4 cm³/mol. The van der Waals surface area contributed by atoms with E-state index in [1.807, 2.05) is 16.7 Å². The number of aryl methyl sites for hydroxylation is 1. The Labute approximate surface area is 125 Å². The molecule has 3 rings (SSSR count). The van der Waals surface area contributed by atoms with Gasteiger partial charge in [-0.2, -0.15) is 0 Å². The van der Waals surface area contributed by atoms with Gasteiger partial charge in [0, 0.05) is 18.5 Å². The average molecular weight is 308 g/mol. The van der Waals surface area contributed by atoms with Crippen LogP contribution in [-0.2, 0) is 13.0 Å². The number of rotatable bonds is 4. The van der Waals surface area contributed by atoms with Crippen LogP contribution in [-0.4, -0.2) is 20.4 Å². The van der Waals surface area contributed by atoms with E-state index in [9.17, 15) is 8.78 Å². The quantitative estimate of drug-likeness (QED) is 0.690. The summed E-state index contributed by atoms with van der Waals surface area (Å²) in [5.74, 6) is -0.498. The number of hydrogen-bond acceptors (Lipinski definition) is 2. The van der Waals surface area contributed by atoms with Gasteiger partial charge >= 0.3 is 0 Å². The third kappa shape index (κ3) is 2.74. The van der Waals surface area contributed by atoms with E-state index in [1.165, 1.54) is 6.07 Å². The molecule has 0 amide bonds. The minimum atomic E-state index is -0.858. The second kappa shape index (κ2) is 5.77. The molecular weight excluding hydrogens is 296 g/mol. The Hall–Kier alpha value is -2.01. The van der Waals surface area contributed by atoms with Crippen molar-refractivity contribution >= 4 is 22.8 Å². The molecule has 0 aliphatic carbocycles. The van der Waals surface area contributed by atoms with Crippen LogP contribution in [0.5, 0.6) is 0 Å². The van der Waals surface area contributed by atoms with E-state index in [0.717, 1.165) is 17.4 Å². The number of halogens is 3. The summed E-state index contributed by atoms with van der Waals surface area (Å²) in [4.78, 5) is 8.80. The molecule has 6 heteroatoms. The van der Waals surface area contributed by atoms with Crippen molar-refractivity contribution in [1.82, 2.24) is 14.5 Å². The molecule has 0 saturated heterocycles. The summed E-state index contributed by atoms with van der Waals surface area (Å²) < 4.78 is 28.2. The highest BCUT2D eigenvalue weighted by Crippen LogP contribution is 2.18. The van der Waals surface area contributed by atoms with Crippen molar-refractivity contribution in [2.75, 3.05) is 5.88 Å². The van der Waals surface area contributed by atoms with Gasteiger partial charge in [-0.25, -0.2) is 18.7 Å². The van der Waals surface area contributed by atoms with Crippen LogP contribution in [0, 0.1) is 11.6 Å². The zero-order valence-electron chi connectivity index (χ0n) is 11.1. The molecule has 3 aromatic rings. The van der Waals surface area contributed by atoms with Crippen molar-refractivity contribution in [2.45, 2.75) is 13.0 Å². The zero-order valence-corrected chi connectivity index (χ0v) is 11.8. The fourth-order valence-corrected chi connectivity index (χ4v) is 2.44. The van der Waals surface area contributed by atoms with Crippen molar-refractivity contribution in [1.29, 1.82) is 0 Å². The summed E-state index contributed by atoms with van der Waals surface area (Å²) in [6, 6.07) is 7.54. The van der Waals surface area contributed by atoms with Gasteiger partial charge in [-0.1, -0.05) is 6.07 Å². The van der Waals surface area contributed by atoms with Crippen molar-refractivity contribution in [3.05, 3.63) is 59.6 Å². The van der Waals surface area contributed by atoms with Gasteiger partial charge in [-0.05, 0) is 29.8 Å². The molecule has 0 radical (unpaired) electrons. The van der Waals surface area contributed by atoms with Gasteiger partial charge in [0.05, 0.1) is 6.54 Å². The van der Waals surface area contributed by atoms with E-state index >= 15 is 0 Å². The largest absolute Gasteiger partial charge is 0.308 e. The lowest BCUT2D eigenvalue weighted by atomic mass is 10.2. The molecule has 0 spiro atoms. The van der Waals surface area contributed by atoms with Gasteiger partial charge in [-0.3, -0.25) is 0 Å². The number of hydrogen-bond donors (Lipinski definition) is 0. The van der Waals surface area contributed by atoms with Gasteiger partial charge in [0.25, 0.3) is 0 Å². The zero-order chi connectivity index (χ0) is 14.8. The van der Waals surface area contributed by atoms with Gasteiger partial charge in [-0.15, -0.1) is 11.6 Å². The average Bonchev–Trinajstić information content (AvgIpc) is 2.81. The minimum Gasteiger partial charge on any atom is -0.308 e. The number of fused-ring (bicyclic) bond motifs is 1. The van der Waals surface area contributed by atoms with Gasteiger partial charge in [0.2, 0.25) is 0 Å². The number of pyridine rings is 1. The monoisotopic (exact) mass is 307 g/mol. The van der Waals surface area contributed by atoms with Crippen LogP contribution in [0.2, 0.25) is 0 Å². The van der Waals surface area contributed by atoms with Crippen molar-refractivity contribution in [3.8, 4) is 0 Å². The number of aromatic nitrogens is 3. The standard InChI is InChI=1S/C15H12ClF2N3/c16-6-5-14-20-13-2-1-7-19-15(13)21(14)9-10-3-4-11(17)12(18)8-10/h1-4,7-8H,5-6,9H2.